The number of carbonyl (C=O) groups is 2. The number of piperidine rings is 1. The minimum absolute atomic E-state index is 0.0187. The third kappa shape index (κ3) is 2.97. The van der Waals surface area contributed by atoms with E-state index in [1.165, 1.54) is 5.56 Å². The first kappa shape index (κ1) is 15.3. The molecule has 0 bridgehead atoms. The Morgan fingerprint density at radius 1 is 1.32 bits per heavy atom. The Labute approximate surface area is 137 Å². The highest BCUT2D eigenvalue weighted by Crippen LogP contribution is 2.35. The lowest BCUT2D eigenvalue weighted by molar-refractivity contribution is -0.143. The standard InChI is InChI=1S/C16H19BrN2O3/c17-13-5-1-4-12-11(13)6-7-14(12)18-16(22)19-8-2-3-10(9-19)15(20)21/h1,4-5,10,14H,2-3,6-9H2,(H,18,22)(H,20,21). The van der Waals surface area contributed by atoms with Gasteiger partial charge in [0.25, 0.3) is 0 Å². The first-order valence-electron chi connectivity index (χ1n) is 7.62. The average molecular weight is 367 g/mol. The highest BCUT2D eigenvalue weighted by molar-refractivity contribution is 9.10. The van der Waals surface area contributed by atoms with Crippen LogP contribution in [0.1, 0.15) is 36.4 Å². The molecule has 2 unspecified atom stereocenters. The van der Waals surface area contributed by atoms with Gasteiger partial charge in [0.15, 0.2) is 0 Å². The van der Waals surface area contributed by atoms with Crippen LogP contribution in [-0.2, 0) is 11.2 Å². The van der Waals surface area contributed by atoms with Crippen LogP contribution in [-0.4, -0.2) is 35.1 Å². The van der Waals surface area contributed by atoms with Crippen LogP contribution in [0.25, 0.3) is 0 Å². The van der Waals surface area contributed by atoms with Crippen LogP contribution < -0.4 is 5.32 Å². The van der Waals surface area contributed by atoms with Crippen molar-refractivity contribution in [3.63, 3.8) is 0 Å². The van der Waals surface area contributed by atoms with Gasteiger partial charge < -0.3 is 15.3 Å². The quantitative estimate of drug-likeness (QED) is 0.845. The molecule has 1 aliphatic carbocycles. The van der Waals surface area contributed by atoms with Crippen LogP contribution in [0.4, 0.5) is 4.79 Å². The topological polar surface area (TPSA) is 69.6 Å². The molecule has 1 aromatic carbocycles. The van der Waals surface area contributed by atoms with E-state index >= 15 is 0 Å². The van der Waals surface area contributed by atoms with Crippen molar-refractivity contribution in [1.29, 1.82) is 0 Å². The number of hydrogen-bond acceptors (Lipinski definition) is 2. The second kappa shape index (κ2) is 6.28. The summed E-state index contributed by atoms with van der Waals surface area (Å²) in [5.41, 5.74) is 2.42. The second-order valence-corrected chi connectivity index (χ2v) is 6.83. The van der Waals surface area contributed by atoms with Crippen molar-refractivity contribution in [2.24, 2.45) is 5.92 Å². The number of urea groups is 1. The summed E-state index contributed by atoms with van der Waals surface area (Å²) in [6.45, 7) is 0.937. The van der Waals surface area contributed by atoms with Crippen molar-refractivity contribution >= 4 is 27.9 Å². The van der Waals surface area contributed by atoms with E-state index < -0.39 is 11.9 Å². The third-order valence-corrected chi connectivity index (χ3v) is 5.31. The molecule has 118 valence electrons. The number of nitrogens with zero attached hydrogens (tertiary/aromatic N) is 1. The van der Waals surface area contributed by atoms with Crippen LogP contribution in [0.3, 0.4) is 0 Å². The summed E-state index contributed by atoms with van der Waals surface area (Å²) in [6, 6.07) is 5.92. The Bertz CT molecular complexity index is 605. The first-order valence-corrected chi connectivity index (χ1v) is 8.41. The molecule has 1 heterocycles. The van der Waals surface area contributed by atoms with Gasteiger partial charge in [0.1, 0.15) is 0 Å². The number of amides is 2. The van der Waals surface area contributed by atoms with Gasteiger partial charge in [-0.1, -0.05) is 28.1 Å². The highest BCUT2D eigenvalue weighted by Gasteiger charge is 2.31. The molecule has 2 aliphatic rings. The van der Waals surface area contributed by atoms with Gasteiger partial charge in [-0.25, -0.2) is 4.79 Å². The van der Waals surface area contributed by atoms with E-state index in [0.29, 0.717) is 19.5 Å². The van der Waals surface area contributed by atoms with E-state index in [9.17, 15) is 9.59 Å². The highest BCUT2D eigenvalue weighted by atomic mass is 79.9. The molecule has 6 heteroatoms. The summed E-state index contributed by atoms with van der Waals surface area (Å²) in [6.07, 6.45) is 3.23. The minimum Gasteiger partial charge on any atom is -0.481 e. The largest absolute Gasteiger partial charge is 0.481 e. The lowest BCUT2D eigenvalue weighted by Crippen LogP contribution is -2.47. The number of aliphatic carboxylic acids is 1. The number of rotatable bonds is 2. The zero-order valence-corrected chi connectivity index (χ0v) is 13.8. The molecule has 0 aromatic heterocycles. The fourth-order valence-corrected chi connectivity index (χ4v) is 3.94. The van der Waals surface area contributed by atoms with Crippen LogP contribution >= 0.6 is 15.9 Å². The van der Waals surface area contributed by atoms with E-state index in [-0.39, 0.29) is 12.1 Å². The average Bonchev–Trinajstić information content (AvgIpc) is 2.92. The number of benzene rings is 1. The monoisotopic (exact) mass is 366 g/mol. The van der Waals surface area contributed by atoms with E-state index in [4.69, 9.17) is 5.11 Å². The third-order valence-electron chi connectivity index (χ3n) is 4.57. The predicted molar refractivity (Wildman–Crippen MR) is 85.7 cm³/mol. The number of hydrogen-bond donors (Lipinski definition) is 2. The summed E-state index contributed by atoms with van der Waals surface area (Å²) in [5.74, 6) is -1.25. The SMILES string of the molecule is O=C(O)C1CCCN(C(=O)NC2CCc3c(Br)cccc32)C1. The van der Waals surface area contributed by atoms with Gasteiger partial charge in [0.2, 0.25) is 0 Å². The molecule has 1 fully saturated rings. The summed E-state index contributed by atoms with van der Waals surface area (Å²) < 4.78 is 1.09. The molecule has 0 spiro atoms. The van der Waals surface area contributed by atoms with E-state index in [2.05, 4.69) is 21.2 Å². The molecule has 2 amide bonds. The molecule has 1 aromatic rings. The number of halogens is 1. The van der Waals surface area contributed by atoms with Crippen molar-refractivity contribution in [3.05, 3.63) is 33.8 Å². The molecule has 5 nitrogen and oxygen atoms in total. The molecular weight excluding hydrogens is 348 g/mol. The molecule has 0 radical (unpaired) electrons. The fraction of sp³-hybridized carbons (Fsp3) is 0.500. The summed E-state index contributed by atoms with van der Waals surface area (Å²) in [4.78, 5) is 25.2. The Morgan fingerprint density at radius 3 is 2.91 bits per heavy atom. The summed E-state index contributed by atoms with van der Waals surface area (Å²) in [7, 11) is 0. The van der Waals surface area contributed by atoms with E-state index in [1.54, 1.807) is 4.90 Å². The van der Waals surface area contributed by atoms with Gasteiger partial charge in [-0.3, -0.25) is 4.79 Å². The number of carbonyl (C=O) groups excluding carboxylic acids is 1. The van der Waals surface area contributed by atoms with Crippen molar-refractivity contribution in [2.75, 3.05) is 13.1 Å². The first-order chi connectivity index (χ1) is 10.6. The van der Waals surface area contributed by atoms with Crippen LogP contribution in [0.2, 0.25) is 0 Å². The zero-order valence-electron chi connectivity index (χ0n) is 12.2. The Morgan fingerprint density at radius 2 is 2.14 bits per heavy atom. The van der Waals surface area contributed by atoms with Crippen molar-refractivity contribution in [3.8, 4) is 0 Å². The molecule has 2 N–H and O–H groups in total. The maximum atomic E-state index is 12.4. The van der Waals surface area contributed by atoms with E-state index in [1.807, 2.05) is 18.2 Å². The van der Waals surface area contributed by atoms with Crippen molar-refractivity contribution in [1.82, 2.24) is 10.2 Å². The molecule has 2 atom stereocenters. The normalized spacial score (nSPS) is 24.0. The summed E-state index contributed by atoms with van der Waals surface area (Å²) >= 11 is 3.55. The number of nitrogens with one attached hydrogen (secondary N) is 1. The number of carboxylic acid groups (broad SMARTS) is 1. The Hall–Kier alpha value is -1.56. The number of fused-ring (bicyclic) bond motifs is 1. The molecule has 22 heavy (non-hydrogen) atoms. The van der Waals surface area contributed by atoms with Crippen molar-refractivity contribution < 1.29 is 14.7 Å². The van der Waals surface area contributed by atoms with Gasteiger partial charge in [0, 0.05) is 17.6 Å². The smallest absolute Gasteiger partial charge is 0.317 e. The molecule has 1 aliphatic heterocycles. The Balaban J connectivity index is 1.66. The molecular formula is C16H19BrN2O3. The minimum atomic E-state index is -0.812. The van der Waals surface area contributed by atoms with Gasteiger partial charge in [0.05, 0.1) is 12.0 Å². The van der Waals surface area contributed by atoms with Crippen LogP contribution in [0.15, 0.2) is 22.7 Å². The maximum Gasteiger partial charge on any atom is 0.317 e. The molecule has 3 rings (SSSR count). The second-order valence-electron chi connectivity index (χ2n) is 5.97. The Kier molecular flexibility index (Phi) is 4.38. The van der Waals surface area contributed by atoms with Gasteiger partial charge >= 0.3 is 12.0 Å². The fourth-order valence-electron chi connectivity index (χ4n) is 3.36. The lowest BCUT2D eigenvalue weighted by Gasteiger charge is -2.31. The lowest BCUT2D eigenvalue weighted by atomic mass is 9.98. The zero-order chi connectivity index (χ0) is 15.7. The summed E-state index contributed by atoms with van der Waals surface area (Å²) in [5, 5.41) is 12.2. The van der Waals surface area contributed by atoms with Gasteiger partial charge in [-0.2, -0.15) is 0 Å². The van der Waals surface area contributed by atoms with Crippen LogP contribution in [0, 0.1) is 5.92 Å². The predicted octanol–water partition coefficient (Wildman–Crippen LogP) is 2.94. The van der Waals surface area contributed by atoms with Gasteiger partial charge in [-0.15, -0.1) is 0 Å². The van der Waals surface area contributed by atoms with Crippen LogP contribution in [0.5, 0.6) is 0 Å². The van der Waals surface area contributed by atoms with Crippen molar-refractivity contribution in [2.45, 2.75) is 31.7 Å². The maximum absolute atomic E-state index is 12.4. The van der Waals surface area contributed by atoms with E-state index in [0.717, 1.165) is 29.3 Å². The molecule has 1 saturated heterocycles. The molecule has 0 saturated carbocycles. The number of carboxylic acids is 1. The van der Waals surface area contributed by atoms with Gasteiger partial charge in [-0.05, 0) is 42.9 Å². The number of likely N-dealkylation sites (tertiary alicyclic amines) is 1.